The Bertz CT molecular complexity index is 2500. The predicted octanol–water partition coefficient (Wildman–Crippen LogP) is 7.33. The molecule has 2 saturated carbocycles. The number of rotatable bonds is 10. The number of amides is 3. The topological polar surface area (TPSA) is 169 Å². The lowest BCUT2D eigenvalue weighted by Gasteiger charge is -2.30. The van der Waals surface area contributed by atoms with Gasteiger partial charge in [-0.1, -0.05) is 57.0 Å². The first-order chi connectivity index (χ1) is 29.1. The van der Waals surface area contributed by atoms with Crippen molar-refractivity contribution < 1.29 is 32.3 Å². The van der Waals surface area contributed by atoms with E-state index in [-0.39, 0.29) is 31.2 Å². The molecule has 4 aliphatic rings. The Balaban J connectivity index is 1.16. The van der Waals surface area contributed by atoms with E-state index in [0.29, 0.717) is 42.0 Å². The van der Waals surface area contributed by atoms with E-state index in [1.54, 1.807) is 18.9 Å². The van der Waals surface area contributed by atoms with Gasteiger partial charge in [-0.25, -0.2) is 18.4 Å². The van der Waals surface area contributed by atoms with Crippen LogP contribution in [0, 0.1) is 19.8 Å². The van der Waals surface area contributed by atoms with Crippen molar-refractivity contribution in [2.45, 2.75) is 127 Å². The van der Waals surface area contributed by atoms with Crippen LogP contribution in [0.3, 0.4) is 0 Å². The first-order valence-corrected chi connectivity index (χ1v) is 23.8. The molecule has 5 atom stereocenters. The fraction of sp³-hybridized carbons (Fsp3) is 0.500. The standard InChI is InChI=1S/C46H56N6O7S2/c1-27(2)36-26-60-42(49-36)35-23-39(32-18-19-38(58-6)29(4)40(32)48-35)59-31-22-37-41(53)50-46(44(55)51-61(56,57)45(5)20-21-45)24-30(46)15-10-8-7-9-11-17-34(43(54)52(37)25-31)47-33-16-13-12-14-28(33)3/h10,12-16,18-19,23,26-27,30-31,34,37,47H,7-9,11,17,20-22,24-25H2,1-6H3,(H,50,53)(H,51,55)/b15-10-/t30-,31-,34+,37+,46-/m1/s1. The maximum absolute atomic E-state index is 15.0. The number of hydrogen-bond donors (Lipinski definition) is 3. The Morgan fingerprint density at radius 1 is 1.05 bits per heavy atom. The van der Waals surface area contributed by atoms with Gasteiger partial charge in [0.05, 0.1) is 29.6 Å². The van der Waals surface area contributed by atoms with Crippen LogP contribution in [0.5, 0.6) is 11.5 Å². The summed E-state index contributed by atoms with van der Waals surface area (Å²) in [5.41, 5.74) is 3.47. The summed E-state index contributed by atoms with van der Waals surface area (Å²) < 4.78 is 40.5. The number of benzene rings is 2. The number of aromatic nitrogens is 2. The first kappa shape index (κ1) is 42.7. The maximum Gasteiger partial charge on any atom is 0.259 e. The van der Waals surface area contributed by atoms with Crippen LogP contribution in [0.4, 0.5) is 5.69 Å². The second kappa shape index (κ2) is 16.7. The Morgan fingerprint density at radius 2 is 1.84 bits per heavy atom. The van der Waals surface area contributed by atoms with Crippen molar-refractivity contribution in [2.75, 3.05) is 19.0 Å². The normalized spacial score (nSPS) is 25.7. The summed E-state index contributed by atoms with van der Waals surface area (Å²) in [6, 6.07) is 11.8. The van der Waals surface area contributed by atoms with Crippen molar-refractivity contribution in [3.05, 3.63) is 76.8 Å². The van der Waals surface area contributed by atoms with Gasteiger partial charge in [-0.3, -0.25) is 19.1 Å². The summed E-state index contributed by atoms with van der Waals surface area (Å²) in [4.78, 5) is 55.3. The molecule has 0 spiro atoms. The zero-order valence-electron chi connectivity index (χ0n) is 35.7. The van der Waals surface area contributed by atoms with Crippen LogP contribution in [-0.4, -0.2) is 83.1 Å². The zero-order chi connectivity index (χ0) is 43.3. The minimum atomic E-state index is -3.98. The monoisotopic (exact) mass is 868 g/mol. The van der Waals surface area contributed by atoms with Crippen molar-refractivity contribution in [2.24, 2.45) is 5.92 Å². The summed E-state index contributed by atoms with van der Waals surface area (Å²) in [5.74, 6) is -0.489. The number of anilines is 1. The summed E-state index contributed by atoms with van der Waals surface area (Å²) in [7, 11) is -2.36. The number of carbonyl (C=O) groups is 3. The second-order valence-electron chi connectivity index (χ2n) is 17.7. The number of hydrogen-bond acceptors (Lipinski definition) is 11. The number of sulfonamides is 1. The van der Waals surface area contributed by atoms with E-state index < -0.39 is 56.2 Å². The summed E-state index contributed by atoms with van der Waals surface area (Å²) >= 11 is 1.51. The number of nitrogens with one attached hydrogen (secondary N) is 3. The van der Waals surface area contributed by atoms with Gasteiger partial charge in [0.1, 0.15) is 45.9 Å². The zero-order valence-corrected chi connectivity index (χ0v) is 37.4. The van der Waals surface area contributed by atoms with Crippen LogP contribution in [0.15, 0.2) is 60.0 Å². The molecule has 3 fully saturated rings. The van der Waals surface area contributed by atoms with E-state index in [4.69, 9.17) is 19.4 Å². The molecule has 0 radical (unpaired) electrons. The van der Waals surface area contributed by atoms with Gasteiger partial charge < -0.3 is 25.0 Å². The van der Waals surface area contributed by atoms with Gasteiger partial charge in [-0.15, -0.1) is 11.3 Å². The van der Waals surface area contributed by atoms with Gasteiger partial charge in [-0.05, 0) is 89.0 Å². The summed E-state index contributed by atoms with van der Waals surface area (Å²) in [6.45, 7) is 9.84. The van der Waals surface area contributed by atoms with Crippen LogP contribution in [0.1, 0.15) is 101 Å². The molecular formula is C46H56N6O7S2. The minimum Gasteiger partial charge on any atom is -0.496 e. The van der Waals surface area contributed by atoms with Crippen molar-refractivity contribution >= 4 is 55.7 Å². The Kier molecular flexibility index (Phi) is 11.7. The van der Waals surface area contributed by atoms with Gasteiger partial charge in [0.25, 0.3) is 5.91 Å². The van der Waals surface area contributed by atoms with Crippen molar-refractivity contribution in [3.8, 4) is 22.2 Å². The van der Waals surface area contributed by atoms with Crippen LogP contribution >= 0.6 is 11.3 Å². The fourth-order valence-electron chi connectivity index (χ4n) is 8.52. The number of para-hydroxylation sites is 1. The molecule has 8 rings (SSSR count). The molecule has 61 heavy (non-hydrogen) atoms. The molecule has 13 nitrogen and oxygen atoms in total. The Labute approximate surface area is 362 Å². The number of carbonyl (C=O) groups excluding carboxylic acids is 3. The number of ether oxygens (including phenoxy) is 2. The second-order valence-corrected chi connectivity index (χ2v) is 20.8. The van der Waals surface area contributed by atoms with E-state index in [0.717, 1.165) is 58.6 Å². The van der Waals surface area contributed by atoms with Crippen molar-refractivity contribution in [1.29, 1.82) is 0 Å². The molecule has 15 heteroatoms. The molecule has 3 amide bonds. The molecular weight excluding hydrogens is 813 g/mol. The molecule has 2 aromatic carbocycles. The molecule has 2 aromatic heterocycles. The number of fused-ring (bicyclic) bond motifs is 3. The van der Waals surface area contributed by atoms with Gasteiger partial charge >= 0.3 is 0 Å². The predicted molar refractivity (Wildman–Crippen MR) is 237 cm³/mol. The third-order valence-corrected chi connectivity index (χ3v) is 16.0. The number of aryl methyl sites for hydroxylation is 2. The number of allylic oxidation sites excluding steroid dienone is 1. The van der Waals surface area contributed by atoms with Gasteiger partial charge in [0, 0.05) is 40.4 Å². The highest BCUT2D eigenvalue weighted by atomic mass is 32.2. The molecule has 4 aromatic rings. The van der Waals surface area contributed by atoms with Crippen LogP contribution in [0.2, 0.25) is 0 Å². The van der Waals surface area contributed by atoms with E-state index in [2.05, 4.69) is 29.2 Å². The molecule has 1 saturated heterocycles. The highest BCUT2D eigenvalue weighted by Gasteiger charge is 2.63. The number of pyridine rings is 1. The smallest absolute Gasteiger partial charge is 0.259 e. The lowest BCUT2D eigenvalue weighted by Crippen LogP contribution is -2.58. The number of nitrogens with zero attached hydrogens (tertiary/aromatic N) is 3. The molecule has 0 bridgehead atoms. The van der Waals surface area contributed by atoms with E-state index in [1.807, 2.05) is 73.8 Å². The van der Waals surface area contributed by atoms with Crippen molar-refractivity contribution in [3.63, 3.8) is 0 Å². The quantitative estimate of drug-likeness (QED) is 0.137. The number of methoxy groups -OCH3 is 1. The fourth-order valence-corrected chi connectivity index (χ4v) is 10.8. The largest absolute Gasteiger partial charge is 0.496 e. The molecule has 324 valence electrons. The third-order valence-electron chi connectivity index (χ3n) is 12.9. The lowest BCUT2D eigenvalue weighted by atomic mass is 10.0. The summed E-state index contributed by atoms with van der Waals surface area (Å²) in [5, 5.41) is 10.0. The molecule has 4 heterocycles. The number of thiazole rings is 1. The minimum absolute atomic E-state index is 0.0984. The van der Waals surface area contributed by atoms with Crippen LogP contribution in [0.25, 0.3) is 21.6 Å². The van der Waals surface area contributed by atoms with Gasteiger partial charge in [-0.2, -0.15) is 0 Å². The molecule has 3 N–H and O–H groups in total. The maximum atomic E-state index is 15.0. The summed E-state index contributed by atoms with van der Waals surface area (Å²) in [6.07, 6.45) is 8.45. The Hall–Kier alpha value is -5.02. The molecule has 2 aliphatic heterocycles. The van der Waals surface area contributed by atoms with Gasteiger partial charge in [0.15, 0.2) is 0 Å². The highest BCUT2D eigenvalue weighted by Crippen LogP contribution is 2.48. The average Bonchev–Trinajstić information content (AvgIpc) is 4.00. The third kappa shape index (κ3) is 8.47. The first-order valence-electron chi connectivity index (χ1n) is 21.4. The van der Waals surface area contributed by atoms with Crippen molar-refractivity contribution in [1.82, 2.24) is 24.9 Å². The Morgan fingerprint density at radius 3 is 2.56 bits per heavy atom. The molecule has 0 unspecified atom stereocenters. The average molecular weight is 869 g/mol. The van der Waals surface area contributed by atoms with Crippen LogP contribution in [-0.2, 0) is 24.4 Å². The van der Waals surface area contributed by atoms with Crippen LogP contribution < -0.4 is 24.8 Å². The molecule has 2 aliphatic carbocycles. The SMILES string of the molecule is COc1ccc2c(O[C@@H]3C[C@H]4C(=O)N[C@]5(C(=O)NS(=O)(=O)C6(C)CC6)C[C@H]5/C=C\CCCCC[C@H](Nc5ccccc5C)C(=O)N4C3)cc(-c3nc(C(C)C)cs3)nc2c1C. The highest BCUT2D eigenvalue weighted by molar-refractivity contribution is 7.91. The van der Waals surface area contributed by atoms with E-state index >= 15 is 0 Å². The lowest BCUT2D eigenvalue weighted by molar-refractivity contribution is -0.140. The van der Waals surface area contributed by atoms with Gasteiger partial charge in [0.2, 0.25) is 21.8 Å². The van der Waals surface area contributed by atoms with E-state index in [1.165, 1.54) is 11.3 Å². The van der Waals surface area contributed by atoms with E-state index in [9.17, 15) is 22.8 Å².